The first-order chi connectivity index (χ1) is 5.72. The molecule has 5 heteroatoms. The SMILES string of the molecule is NCc1ccnc(OC(=O)O)c1. The molecule has 0 saturated heterocycles. The zero-order valence-corrected chi connectivity index (χ0v) is 6.23. The van der Waals surface area contributed by atoms with Crippen LogP contribution in [0.1, 0.15) is 5.56 Å². The highest BCUT2D eigenvalue weighted by Gasteiger charge is 2.01. The minimum absolute atomic E-state index is 0.0467. The quantitative estimate of drug-likeness (QED) is 0.631. The second-order valence-electron chi connectivity index (χ2n) is 2.07. The number of nitrogens with zero attached hydrogens (tertiary/aromatic N) is 1. The highest BCUT2D eigenvalue weighted by Crippen LogP contribution is 2.08. The Morgan fingerprint density at radius 2 is 2.50 bits per heavy atom. The Kier molecular flexibility index (Phi) is 2.60. The van der Waals surface area contributed by atoms with Crippen LogP contribution in [-0.4, -0.2) is 16.2 Å². The summed E-state index contributed by atoms with van der Waals surface area (Å²) in [4.78, 5) is 13.7. The minimum Gasteiger partial charge on any atom is -0.449 e. The summed E-state index contributed by atoms with van der Waals surface area (Å²) in [6.45, 7) is 0.332. The van der Waals surface area contributed by atoms with Crippen LogP contribution in [0.5, 0.6) is 5.88 Å². The van der Waals surface area contributed by atoms with E-state index in [1.54, 1.807) is 6.07 Å². The fourth-order valence-electron chi connectivity index (χ4n) is 0.723. The minimum atomic E-state index is -1.38. The van der Waals surface area contributed by atoms with Crippen LogP contribution in [0.2, 0.25) is 0 Å². The van der Waals surface area contributed by atoms with Crippen molar-refractivity contribution in [2.24, 2.45) is 5.73 Å². The van der Waals surface area contributed by atoms with Gasteiger partial charge in [-0.15, -0.1) is 0 Å². The van der Waals surface area contributed by atoms with Gasteiger partial charge in [0.15, 0.2) is 0 Å². The van der Waals surface area contributed by atoms with Crippen LogP contribution >= 0.6 is 0 Å². The van der Waals surface area contributed by atoms with E-state index in [0.717, 1.165) is 5.56 Å². The van der Waals surface area contributed by atoms with Crippen LogP contribution in [0, 0.1) is 0 Å². The first kappa shape index (κ1) is 8.48. The maximum Gasteiger partial charge on any atom is 0.512 e. The molecule has 1 heterocycles. The van der Waals surface area contributed by atoms with E-state index in [2.05, 4.69) is 9.72 Å². The number of rotatable bonds is 2. The van der Waals surface area contributed by atoms with Gasteiger partial charge < -0.3 is 15.6 Å². The van der Waals surface area contributed by atoms with Crippen molar-refractivity contribution < 1.29 is 14.6 Å². The molecule has 1 aromatic rings. The van der Waals surface area contributed by atoms with Crippen molar-refractivity contribution in [1.29, 1.82) is 0 Å². The van der Waals surface area contributed by atoms with Gasteiger partial charge in [0.2, 0.25) is 5.88 Å². The van der Waals surface area contributed by atoms with Gasteiger partial charge in [0.05, 0.1) is 0 Å². The van der Waals surface area contributed by atoms with E-state index in [-0.39, 0.29) is 5.88 Å². The molecule has 0 aliphatic rings. The summed E-state index contributed by atoms with van der Waals surface area (Å²) in [6, 6.07) is 3.17. The van der Waals surface area contributed by atoms with Gasteiger partial charge >= 0.3 is 6.16 Å². The summed E-state index contributed by atoms with van der Waals surface area (Å²) in [5, 5.41) is 8.24. The van der Waals surface area contributed by atoms with E-state index in [0.29, 0.717) is 6.54 Å². The van der Waals surface area contributed by atoms with Gasteiger partial charge in [0.25, 0.3) is 0 Å². The van der Waals surface area contributed by atoms with E-state index in [4.69, 9.17) is 10.8 Å². The van der Waals surface area contributed by atoms with Crippen LogP contribution in [0.15, 0.2) is 18.3 Å². The maximum absolute atomic E-state index is 10.1. The highest BCUT2D eigenvalue weighted by atomic mass is 16.7. The monoisotopic (exact) mass is 168 g/mol. The van der Waals surface area contributed by atoms with Crippen molar-refractivity contribution in [2.45, 2.75) is 6.54 Å². The third kappa shape index (κ3) is 2.21. The number of ether oxygens (including phenoxy) is 1. The van der Waals surface area contributed by atoms with Crippen molar-refractivity contribution in [3.63, 3.8) is 0 Å². The molecule has 0 radical (unpaired) electrons. The number of pyridine rings is 1. The van der Waals surface area contributed by atoms with Crippen molar-refractivity contribution in [3.8, 4) is 5.88 Å². The lowest BCUT2D eigenvalue weighted by molar-refractivity contribution is 0.142. The number of nitrogens with two attached hydrogens (primary N) is 1. The second kappa shape index (κ2) is 3.68. The Morgan fingerprint density at radius 1 is 1.75 bits per heavy atom. The van der Waals surface area contributed by atoms with Gasteiger partial charge in [-0.1, -0.05) is 0 Å². The fraction of sp³-hybridized carbons (Fsp3) is 0.143. The van der Waals surface area contributed by atoms with E-state index in [1.165, 1.54) is 12.3 Å². The zero-order valence-electron chi connectivity index (χ0n) is 6.23. The first-order valence-electron chi connectivity index (χ1n) is 3.28. The van der Waals surface area contributed by atoms with E-state index in [9.17, 15) is 4.79 Å². The summed E-state index contributed by atoms with van der Waals surface area (Å²) in [5.41, 5.74) is 6.10. The van der Waals surface area contributed by atoms with Crippen LogP contribution in [-0.2, 0) is 6.54 Å². The van der Waals surface area contributed by atoms with E-state index >= 15 is 0 Å². The molecule has 0 amide bonds. The van der Waals surface area contributed by atoms with Crippen LogP contribution in [0.25, 0.3) is 0 Å². The number of carboxylic acid groups (broad SMARTS) is 1. The predicted molar refractivity (Wildman–Crippen MR) is 40.8 cm³/mol. The van der Waals surface area contributed by atoms with Crippen molar-refractivity contribution in [1.82, 2.24) is 4.98 Å². The molecule has 0 spiro atoms. The summed E-state index contributed by atoms with van der Waals surface area (Å²) in [5.74, 6) is 0.0467. The molecule has 12 heavy (non-hydrogen) atoms. The largest absolute Gasteiger partial charge is 0.512 e. The fourth-order valence-corrected chi connectivity index (χ4v) is 0.723. The topological polar surface area (TPSA) is 85.4 Å². The molecular weight excluding hydrogens is 160 g/mol. The smallest absolute Gasteiger partial charge is 0.449 e. The van der Waals surface area contributed by atoms with E-state index < -0.39 is 6.16 Å². The molecule has 1 aromatic heterocycles. The lowest BCUT2D eigenvalue weighted by Gasteiger charge is -1.99. The molecule has 0 saturated carbocycles. The standard InChI is InChI=1S/C7H8N2O3/c8-4-5-1-2-9-6(3-5)12-7(10)11/h1-3H,4,8H2,(H,10,11). The Labute approximate surface area is 68.8 Å². The molecule has 64 valence electrons. The predicted octanol–water partition coefficient (Wildman–Crippen LogP) is 0.597. The molecule has 1 rings (SSSR count). The molecule has 3 N–H and O–H groups in total. The molecular formula is C7H8N2O3. The lowest BCUT2D eigenvalue weighted by Crippen LogP contribution is -2.05. The molecule has 0 bridgehead atoms. The van der Waals surface area contributed by atoms with Crippen LogP contribution in [0.3, 0.4) is 0 Å². The average molecular weight is 168 g/mol. The molecule has 0 unspecified atom stereocenters. The number of carbonyl (C=O) groups is 1. The van der Waals surface area contributed by atoms with E-state index in [1.807, 2.05) is 0 Å². The van der Waals surface area contributed by atoms with Gasteiger partial charge in [-0.2, -0.15) is 0 Å². The average Bonchev–Trinajstić information content (AvgIpc) is 2.03. The van der Waals surface area contributed by atoms with Gasteiger partial charge in [0.1, 0.15) is 0 Å². The third-order valence-electron chi connectivity index (χ3n) is 1.23. The van der Waals surface area contributed by atoms with Crippen molar-refractivity contribution >= 4 is 6.16 Å². The molecule has 5 nitrogen and oxygen atoms in total. The van der Waals surface area contributed by atoms with Gasteiger partial charge in [-0.25, -0.2) is 9.78 Å². The summed E-state index contributed by atoms with van der Waals surface area (Å²) in [7, 11) is 0. The third-order valence-corrected chi connectivity index (χ3v) is 1.23. The Balaban J connectivity index is 2.79. The normalized spacial score (nSPS) is 9.42. The van der Waals surface area contributed by atoms with Gasteiger partial charge in [0, 0.05) is 18.8 Å². The van der Waals surface area contributed by atoms with Crippen LogP contribution in [0.4, 0.5) is 4.79 Å². The van der Waals surface area contributed by atoms with Crippen molar-refractivity contribution in [2.75, 3.05) is 0 Å². The summed E-state index contributed by atoms with van der Waals surface area (Å²) in [6.07, 6.45) is 0.0668. The van der Waals surface area contributed by atoms with Gasteiger partial charge in [-0.05, 0) is 11.6 Å². The lowest BCUT2D eigenvalue weighted by atomic mass is 10.3. The van der Waals surface area contributed by atoms with Crippen LogP contribution < -0.4 is 10.5 Å². The molecule has 0 aliphatic carbocycles. The first-order valence-corrected chi connectivity index (χ1v) is 3.28. The Morgan fingerprint density at radius 3 is 3.08 bits per heavy atom. The number of hydrogen-bond donors (Lipinski definition) is 2. The Hall–Kier alpha value is -1.62. The maximum atomic E-state index is 10.1. The number of aromatic nitrogens is 1. The molecule has 0 aliphatic heterocycles. The zero-order chi connectivity index (χ0) is 8.97. The summed E-state index contributed by atoms with van der Waals surface area (Å²) >= 11 is 0. The second-order valence-corrected chi connectivity index (χ2v) is 2.07. The van der Waals surface area contributed by atoms with Gasteiger partial charge in [-0.3, -0.25) is 0 Å². The number of hydrogen-bond acceptors (Lipinski definition) is 4. The molecule has 0 aromatic carbocycles. The highest BCUT2D eigenvalue weighted by molar-refractivity contribution is 5.60. The van der Waals surface area contributed by atoms with Crippen molar-refractivity contribution in [3.05, 3.63) is 23.9 Å². The Bertz CT molecular complexity index is 288. The molecule has 0 fully saturated rings. The molecule has 0 atom stereocenters. The summed E-state index contributed by atoms with van der Waals surface area (Å²) < 4.78 is 4.31.